The van der Waals surface area contributed by atoms with E-state index in [1.165, 1.54) is 0 Å². The molecule has 1 aliphatic carbocycles. The number of ether oxygens (including phenoxy) is 1. The number of aliphatic hydroxyl groups is 1. The first-order valence-electron chi connectivity index (χ1n) is 8.87. The molecule has 6 heteroatoms. The molecular weight excluding hydrogens is 318 g/mol. The van der Waals surface area contributed by atoms with E-state index in [1.807, 2.05) is 13.8 Å². The van der Waals surface area contributed by atoms with Gasteiger partial charge in [0.05, 0.1) is 23.8 Å². The lowest BCUT2D eigenvalue weighted by atomic mass is 9.58. The van der Waals surface area contributed by atoms with Crippen LogP contribution >= 0.6 is 0 Å². The van der Waals surface area contributed by atoms with Crippen molar-refractivity contribution in [1.29, 1.82) is 5.26 Å². The molecule has 2 fully saturated rings. The van der Waals surface area contributed by atoms with E-state index in [4.69, 9.17) is 10.00 Å². The predicted octanol–water partition coefficient (Wildman–Crippen LogP) is 2.65. The van der Waals surface area contributed by atoms with Crippen LogP contribution in [0, 0.1) is 23.7 Å². The van der Waals surface area contributed by atoms with Crippen molar-refractivity contribution in [1.82, 2.24) is 4.90 Å². The molecular formula is C19H25N3O3. The number of carbonyl (C=O) groups excluding carboxylic acids is 1. The molecule has 1 saturated heterocycles. The van der Waals surface area contributed by atoms with E-state index in [1.54, 1.807) is 23.1 Å². The normalized spacial score (nSPS) is 24.5. The number of carbonyl (C=O) groups is 1. The topological polar surface area (TPSA) is 85.6 Å². The molecule has 1 aromatic carbocycles. The average molecular weight is 343 g/mol. The van der Waals surface area contributed by atoms with Crippen LogP contribution in [0.2, 0.25) is 0 Å². The van der Waals surface area contributed by atoms with E-state index >= 15 is 0 Å². The number of anilines is 1. The van der Waals surface area contributed by atoms with Crippen LogP contribution in [-0.4, -0.2) is 47.9 Å². The number of piperidine rings is 1. The Morgan fingerprint density at radius 1 is 1.48 bits per heavy atom. The number of hydrogen-bond donors (Lipinski definition) is 2. The number of hydrogen-bond acceptors (Lipinski definition) is 4. The van der Waals surface area contributed by atoms with Gasteiger partial charge in [-0.2, -0.15) is 5.26 Å². The number of nitrogens with zero attached hydrogens (tertiary/aromatic N) is 2. The highest BCUT2D eigenvalue weighted by molar-refractivity contribution is 5.90. The van der Waals surface area contributed by atoms with Gasteiger partial charge in [-0.25, -0.2) is 4.79 Å². The number of aliphatic hydroxyl groups excluding tert-OH is 1. The van der Waals surface area contributed by atoms with Crippen molar-refractivity contribution in [3.8, 4) is 6.07 Å². The Labute approximate surface area is 148 Å². The lowest BCUT2D eigenvalue weighted by Gasteiger charge is -2.56. The first-order valence-corrected chi connectivity index (χ1v) is 8.87. The Balaban J connectivity index is 1.62. The fourth-order valence-electron chi connectivity index (χ4n) is 4.03. The third-order valence-corrected chi connectivity index (χ3v) is 5.79. The van der Waals surface area contributed by atoms with E-state index in [-0.39, 0.29) is 23.7 Å². The number of nitriles is 1. The third-order valence-electron chi connectivity index (χ3n) is 5.79. The molecule has 3 rings (SSSR count). The lowest BCUT2D eigenvalue weighted by Crippen LogP contribution is -2.63. The summed E-state index contributed by atoms with van der Waals surface area (Å²) in [5.74, 6) is 0. The summed E-state index contributed by atoms with van der Waals surface area (Å²) in [6.45, 7) is 5.65. The van der Waals surface area contributed by atoms with Crippen LogP contribution in [0.15, 0.2) is 18.2 Å². The van der Waals surface area contributed by atoms with Gasteiger partial charge in [-0.1, -0.05) is 6.07 Å². The van der Waals surface area contributed by atoms with Crippen LogP contribution in [0.25, 0.3) is 0 Å². The lowest BCUT2D eigenvalue weighted by molar-refractivity contribution is -0.207. The van der Waals surface area contributed by atoms with Crippen LogP contribution in [-0.2, 0) is 4.74 Å². The summed E-state index contributed by atoms with van der Waals surface area (Å²) < 4.78 is 5.76. The highest BCUT2D eigenvalue weighted by Crippen LogP contribution is 2.50. The second kappa shape index (κ2) is 7.03. The van der Waals surface area contributed by atoms with Gasteiger partial charge in [-0.15, -0.1) is 0 Å². The van der Waals surface area contributed by atoms with Gasteiger partial charge in [0.15, 0.2) is 0 Å². The molecule has 2 N–H and O–H groups in total. The summed E-state index contributed by atoms with van der Waals surface area (Å²) in [6.07, 6.45) is 1.98. The number of rotatable bonds is 3. The number of amides is 2. The summed E-state index contributed by atoms with van der Waals surface area (Å²) in [6, 6.07) is 7.28. The molecule has 1 heterocycles. The van der Waals surface area contributed by atoms with E-state index in [2.05, 4.69) is 11.4 Å². The average Bonchev–Trinajstić information content (AvgIpc) is 2.63. The summed E-state index contributed by atoms with van der Waals surface area (Å²) in [5.41, 5.74) is 1.81. The van der Waals surface area contributed by atoms with Crippen LogP contribution in [0.4, 0.5) is 10.5 Å². The Morgan fingerprint density at radius 2 is 2.20 bits per heavy atom. The summed E-state index contributed by atoms with van der Waals surface area (Å²) in [4.78, 5) is 14.3. The largest absolute Gasteiger partial charge is 0.392 e. The zero-order valence-corrected chi connectivity index (χ0v) is 14.8. The predicted molar refractivity (Wildman–Crippen MR) is 94.2 cm³/mol. The minimum atomic E-state index is -0.330. The number of urea groups is 1. The fraction of sp³-hybridized carbons (Fsp3) is 0.579. The first-order chi connectivity index (χ1) is 12.0. The maximum Gasteiger partial charge on any atom is 0.321 e. The van der Waals surface area contributed by atoms with Gasteiger partial charge < -0.3 is 20.1 Å². The molecule has 0 unspecified atom stereocenters. The van der Waals surface area contributed by atoms with Crippen molar-refractivity contribution in [3.05, 3.63) is 29.3 Å². The van der Waals surface area contributed by atoms with Crippen molar-refractivity contribution in [3.63, 3.8) is 0 Å². The van der Waals surface area contributed by atoms with Crippen molar-refractivity contribution >= 4 is 11.7 Å². The molecule has 1 aromatic rings. The molecule has 0 radical (unpaired) electrons. The minimum absolute atomic E-state index is 0.104. The molecule has 1 saturated carbocycles. The zero-order valence-electron chi connectivity index (χ0n) is 14.8. The number of nitrogens with one attached hydrogen (secondary N) is 1. The second-order valence-corrected chi connectivity index (χ2v) is 6.94. The molecule has 2 aliphatic rings. The van der Waals surface area contributed by atoms with Crippen molar-refractivity contribution < 1.29 is 14.6 Å². The smallest absolute Gasteiger partial charge is 0.321 e. The van der Waals surface area contributed by atoms with Crippen LogP contribution in [0.1, 0.15) is 37.3 Å². The SMILES string of the molecule is CCO[C@@H]1C[C@H](O)C12CCN(C(=O)Nc1cccc(C#N)c1C)CC2. The van der Waals surface area contributed by atoms with Gasteiger partial charge in [-0.3, -0.25) is 0 Å². The van der Waals surface area contributed by atoms with E-state index in [0.29, 0.717) is 37.4 Å². The number of likely N-dealkylation sites (tertiary alicyclic amines) is 1. The van der Waals surface area contributed by atoms with Gasteiger partial charge in [-0.05, 0) is 44.4 Å². The van der Waals surface area contributed by atoms with Crippen LogP contribution < -0.4 is 5.32 Å². The zero-order chi connectivity index (χ0) is 18.0. The molecule has 1 spiro atoms. The standard InChI is InChI=1S/C19H25N3O3/c1-3-25-17-11-16(23)19(17)7-9-22(10-8-19)18(24)21-15-6-4-5-14(12-20)13(15)2/h4-6,16-17,23H,3,7-11H2,1-2H3,(H,21,24)/t16-,17+/m0/s1. The van der Waals surface area contributed by atoms with E-state index in [0.717, 1.165) is 18.4 Å². The van der Waals surface area contributed by atoms with Gasteiger partial charge >= 0.3 is 6.03 Å². The van der Waals surface area contributed by atoms with Crippen LogP contribution in [0.3, 0.4) is 0 Å². The fourth-order valence-corrected chi connectivity index (χ4v) is 4.03. The Bertz CT molecular complexity index is 688. The van der Waals surface area contributed by atoms with E-state index in [9.17, 15) is 9.90 Å². The highest BCUT2D eigenvalue weighted by Gasteiger charge is 2.56. The molecule has 0 bridgehead atoms. The monoisotopic (exact) mass is 343 g/mol. The quantitative estimate of drug-likeness (QED) is 0.883. The van der Waals surface area contributed by atoms with E-state index < -0.39 is 0 Å². The Kier molecular flexibility index (Phi) is 4.98. The van der Waals surface area contributed by atoms with Crippen molar-refractivity contribution in [2.24, 2.45) is 5.41 Å². The van der Waals surface area contributed by atoms with Crippen molar-refractivity contribution in [2.45, 2.75) is 45.3 Å². The van der Waals surface area contributed by atoms with Gasteiger partial charge in [0.25, 0.3) is 0 Å². The molecule has 6 nitrogen and oxygen atoms in total. The summed E-state index contributed by atoms with van der Waals surface area (Å²) in [7, 11) is 0. The summed E-state index contributed by atoms with van der Waals surface area (Å²) >= 11 is 0. The molecule has 2 atom stereocenters. The first kappa shape index (κ1) is 17.7. The molecule has 0 aromatic heterocycles. The molecule has 1 aliphatic heterocycles. The minimum Gasteiger partial charge on any atom is -0.392 e. The van der Waals surface area contributed by atoms with Crippen LogP contribution in [0.5, 0.6) is 0 Å². The van der Waals surface area contributed by atoms with Crippen molar-refractivity contribution in [2.75, 3.05) is 25.0 Å². The third kappa shape index (κ3) is 3.10. The van der Waals surface area contributed by atoms with Gasteiger partial charge in [0, 0.05) is 37.2 Å². The Morgan fingerprint density at radius 3 is 2.80 bits per heavy atom. The maximum atomic E-state index is 12.6. The number of benzene rings is 1. The maximum absolute atomic E-state index is 12.6. The molecule has 25 heavy (non-hydrogen) atoms. The van der Waals surface area contributed by atoms with Gasteiger partial charge in [0.1, 0.15) is 0 Å². The summed E-state index contributed by atoms with van der Waals surface area (Å²) in [5, 5.41) is 22.3. The second-order valence-electron chi connectivity index (χ2n) is 6.94. The Hall–Kier alpha value is -2.10. The highest BCUT2D eigenvalue weighted by atomic mass is 16.5. The van der Waals surface area contributed by atoms with Gasteiger partial charge in [0.2, 0.25) is 0 Å². The molecule has 134 valence electrons. The molecule has 2 amide bonds.